The van der Waals surface area contributed by atoms with Crippen LogP contribution in [0.1, 0.15) is 30.6 Å². The second-order valence-electron chi connectivity index (χ2n) is 7.64. The first-order valence-corrected chi connectivity index (χ1v) is 12.7. The maximum atomic E-state index is 12.8. The number of rotatable bonds is 7. The highest BCUT2D eigenvalue weighted by Crippen LogP contribution is 2.23. The first-order chi connectivity index (χ1) is 14.6. The van der Waals surface area contributed by atoms with Gasteiger partial charge in [0.15, 0.2) is 0 Å². The average molecular weight is 489 g/mol. The second kappa shape index (κ2) is 10.1. The quantitative estimate of drug-likeness (QED) is 0.591. The molecule has 0 radical (unpaired) electrons. The van der Waals surface area contributed by atoms with Gasteiger partial charge in [-0.05, 0) is 43.9 Å². The van der Waals surface area contributed by atoms with Crippen molar-refractivity contribution >= 4 is 56.8 Å². The molecule has 0 spiro atoms. The van der Waals surface area contributed by atoms with Crippen molar-refractivity contribution in [3.63, 3.8) is 0 Å². The van der Waals surface area contributed by atoms with Crippen LogP contribution in [0, 0.1) is 5.92 Å². The van der Waals surface area contributed by atoms with E-state index in [1.165, 1.54) is 22.3 Å². The van der Waals surface area contributed by atoms with Crippen molar-refractivity contribution in [2.75, 3.05) is 26.2 Å². The van der Waals surface area contributed by atoms with E-state index in [-0.39, 0.29) is 24.9 Å². The molecule has 3 amide bonds. The zero-order valence-electron chi connectivity index (χ0n) is 16.8. The van der Waals surface area contributed by atoms with Crippen LogP contribution in [0.4, 0.5) is 0 Å². The van der Waals surface area contributed by atoms with Gasteiger partial charge >= 0.3 is 0 Å². The number of primary amides is 1. The summed E-state index contributed by atoms with van der Waals surface area (Å²) in [7, 11) is -3.85. The molecule has 2 atom stereocenters. The van der Waals surface area contributed by atoms with Crippen molar-refractivity contribution in [3.05, 3.63) is 26.8 Å². The molecule has 0 aromatic carbocycles. The maximum Gasteiger partial charge on any atom is 0.242 e. The van der Waals surface area contributed by atoms with Gasteiger partial charge in [-0.3, -0.25) is 14.4 Å². The summed E-state index contributed by atoms with van der Waals surface area (Å²) >= 11 is 7.08. The summed E-state index contributed by atoms with van der Waals surface area (Å²) < 4.78 is 27.7. The number of piperidine rings is 2. The highest BCUT2D eigenvalue weighted by molar-refractivity contribution is 7.92. The summed E-state index contributed by atoms with van der Waals surface area (Å²) in [5.41, 5.74) is 5.36. The van der Waals surface area contributed by atoms with Crippen LogP contribution in [-0.2, 0) is 24.4 Å². The lowest BCUT2D eigenvalue weighted by molar-refractivity contribution is -0.144. The number of carbonyl (C=O) groups excluding carboxylic acids is 3. The lowest BCUT2D eigenvalue weighted by atomic mass is 9.97. The zero-order chi connectivity index (χ0) is 22.6. The molecule has 0 saturated carbocycles. The normalized spacial score (nSPS) is 22.8. The number of hydrogen-bond acceptors (Lipinski definition) is 6. The van der Waals surface area contributed by atoms with Crippen LogP contribution in [0.3, 0.4) is 0 Å². The van der Waals surface area contributed by atoms with Gasteiger partial charge in [-0.1, -0.05) is 11.6 Å². The summed E-state index contributed by atoms with van der Waals surface area (Å²) in [5.74, 6) is -1.50. The largest absolute Gasteiger partial charge is 0.369 e. The molecule has 2 fully saturated rings. The van der Waals surface area contributed by atoms with Crippen molar-refractivity contribution in [2.24, 2.45) is 11.7 Å². The van der Waals surface area contributed by atoms with Crippen LogP contribution in [-0.4, -0.2) is 68.2 Å². The van der Waals surface area contributed by atoms with Gasteiger partial charge in [-0.25, -0.2) is 8.42 Å². The Balaban J connectivity index is 1.58. The highest BCUT2D eigenvalue weighted by Gasteiger charge is 2.34. The Morgan fingerprint density at radius 2 is 2.00 bits per heavy atom. The molecule has 2 saturated heterocycles. The van der Waals surface area contributed by atoms with Gasteiger partial charge in [0.05, 0.1) is 16.8 Å². The fourth-order valence-corrected chi connectivity index (χ4v) is 5.79. The van der Waals surface area contributed by atoms with Crippen molar-refractivity contribution in [3.8, 4) is 0 Å². The number of halogens is 1. The van der Waals surface area contributed by atoms with E-state index >= 15 is 0 Å². The highest BCUT2D eigenvalue weighted by atomic mass is 35.5. The Morgan fingerprint density at radius 1 is 1.26 bits per heavy atom. The van der Waals surface area contributed by atoms with Crippen LogP contribution < -0.4 is 10.5 Å². The van der Waals surface area contributed by atoms with E-state index in [9.17, 15) is 22.8 Å². The van der Waals surface area contributed by atoms with Crippen LogP contribution >= 0.6 is 22.9 Å². The Labute approximate surface area is 190 Å². The minimum atomic E-state index is -3.85. The summed E-state index contributed by atoms with van der Waals surface area (Å²) in [6.07, 6.45) is 3.67. The minimum Gasteiger partial charge on any atom is -0.369 e. The Morgan fingerprint density at radius 3 is 2.68 bits per heavy atom. The SMILES string of the molecule is NC(=O)C1CCCN(C(=O)CN2CCC[C@H](NS(=O)(=O)/C=C/c3ccc(Cl)s3)C2=O)C1. The van der Waals surface area contributed by atoms with Gasteiger partial charge in [0.25, 0.3) is 0 Å². The molecule has 2 aliphatic heterocycles. The number of nitrogens with one attached hydrogen (secondary N) is 1. The minimum absolute atomic E-state index is 0.147. The van der Waals surface area contributed by atoms with Gasteiger partial charge in [0.2, 0.25) is 27.7 Å². The smallest absolute Gasteiger partial charge is 0.242 e. The molecular formula is C19H25ClN4O5S2. The van der Waals surface area contributed by atoms with Crippen molar-refractivity contribution in [1.29, 1.82) is 0 Å². The Hall–Kier alpha value is -1.95. The summed E-state index contributed by atoms with van der Waals surface area (Å²) in [4.78, 5) is 40.5. The molecule has 0 bridgehead atoms. The molecule has 1 aromatic rings. The molecule has 3 rings (SSSR count). The standard InChI is InChI=1S/C19H25ClN4O5S2/c20-16-6-5-14(30-16)7-10-31(28,29)22-15-4-2-9-24(19(15)27)12-17(25)23-8-1-3-13(11-23)18(21)26/h5-7,10,13,15,22H,1-4,8-9,11-12H2,(H2,21,26)/b10-7+/t13?,15-/m0/s1. The predicted molar refractivity (Wildman–Crippen MR) is 119 cm³/mol. The molecule has 1 unspecified atom stereocenters. The Bertz CT molecular complexity index is 978. The Kier molecular flexibility index (Phi) is 7.73. The molecule has 31 heavy (non-hydrogen) atoms. The molecule has 12 heteroatoms. The number of nitrogens with two attached hydrogens (primary N) is 1. The van der Waals surface area contributed by atoms with Gasteiger partial charge in [0, 0.05) is 29.9 Å². The van der Waals surface area contributed by atoms with Gasteiger partial charge < -0.3 is 15.5 Å². The van der Waals surface area contributed by atoms with E-state index in [1.54, 1.807) is 17.0 Å². The molecule has 9 nitrogen and oxygen atoms in total. The number of amides is 3. The van der Waals surface area contributed by atoms with E-state index in [0.717, 1.165) is 5.41 Å². The third kappa shape index (κ3) is 6.52. The molecular weight excluding hydrogens is 464 g/mol. The first kappa shape index (κ1) is 23.7. The topological polar surface area (TPSA) is 130 Å². The predicted octanol–water partition coefficient (Wildman–Crippen LogP) is 1.01. The van der Waals surface area contributed by atoms with Crippen molar-refractivity contribution in [1.82, 2.24) is 14.5 Å². The van der Waals surface area contributed by atoms with Crippen LogP contribution in [0.25, 0.3) is 6.08 Å². The van der Waals surface area contributed by atoms with E-state index in [0.29, 0.717) is 48.0 Å². The van der Waals surface area contributed by atoms with Crippen molar-refractivity contribution in [2.45, 2.75) is 31.7 Å². The fourth-order valence-electron chi connectivity index (χ4n) is 3.72. The summed E-state index contributed by atoms with van der Waals surface area (Å²) in [6.45, 7) is 0.994. The summed E-state index contributed by atoms with van der Waals surface area (Å²) in [5, 5.41) is 1.00. The summed E-state index contributed by atoms with van der Waals surface area (Å²) in [6, 6.07) is 2.43. The number of sulfonamides is 1. The van der Waals surface area contributed by atoms with Crippen LogP contribution in [0.2, 0.25) is 4.34 Å². The number of nitrogens with zero attached hydrogens (tertiary/aromatic N) is 2. The van der Waals surface area contributed by atoms with Crippen LogP contribution in [0.5, 0.6) is 0 Å². The monoisotopic (exact) mass is 488 g/mol. The second-order valence-corrected chi connectivity index (χ2v) is 11.0. The number of carbonyl (C=O) groups is 3. The number of hydrogen-bond donors (Lipinski definition) is 2. The van der Waals surface area contributed by atoms with Gasteiger partial charge in [0.1, 0.15) is 6.04 Å². The molecule has 1 aromatic heterocycles. The molecule has 0 aliphatic carbocycles. The third-order valence-corrected chi connectivity index (χ3v) is 7.65. The van der Waals surface area contributed by atoms with E-state index in [2.05, 4.69) is 4.72 Å². The lowest BCUT2D eigenvalue weighted by Crippen LogP contribution is -2.55. The first-order valence-electron chi connectivity index (χ1n) is 9.96. The average Bonchev–Trinajstić information content (AvgIpc) is 3.15. The number of likely N-dealkylation sites (tertiary alicyclic amines) is 2. The van der Waals surface area contributed by atoms with Crippen LogP contribution in [0.15, 0.2) is 17.5 Å². The third-order valence-electron chi connectivity index (χ3n) is 5.35. The maximum absolute atomic E-state index is 12.8. The van der Waals surface area contributed by atoms with E-state index in [4.69, 9.17) is 17.3 Å². The number of thiophene rings is 1. The fraction of sp³-hybridized carbons (Fsp3) is 0.526. The zero-order valence-corrected chi connectivity index (χ0v) is 19.2. The van der Waals surface area contributed by atoms with E-state index < -0.39 is 27.9 Å². The molecule has 2 aliphatic rings. The van der Waals surface area contributed by atoms with Gasteiger partial charge in [-0.15, -0.1) is 11.3 Å². The van der Waals surface area contributed by atoms with E-state index in [1.807, 2.05) is 0 Å². The molecule has 170 valence electrons. The van der Waals surface area contributed by atoms with Crippen molar-refractivity contribution < 1.29 is 22.8 Å². The molecule has 3 N–H and O–H groups in total. The molecule has 3 heterocycles. The van der Waals surface area contributed by atoms with Gasteiger partial charge in [-0.2, -0.15) is 4.72 Å². The lowest BCUT2D eigenvalue weighted by Gasteiger charge is -2.35.